The fraction of sp³-hybridized carbons (Fsp3) is 0.188. The topological polar surface area (TPSA) is 12.9 Å². The van der Waals surface area contributed by atoms with E-state index >= 15 is 0 Å². The predicted molar refractivity (Wildman–Crippen MR) is 76.0 cm³/mol. The molecule has 1 nitrogen and oxygen atoms in total. The third-order valence-electron chi connectivity index (χ3n) is 2.96. The highest BCUT2D eigenvalue weighted by Gasteiger charge is 2.06. The van der Waals surface area contributed by atoms with E-state index in [0.29, 0.717) is 0 Å². The van der Waals surface area contributed by atoms with Crippen molar-refractivity contribution < 1.29 is 0 Å². The number of hydrogen-bond acceptors (Lipinski definition) is 1. The Hall–Kier alpha value is -1.89. The molecule has 0 unspecified atom stereocenters. The first-order valence-electron chi connectivity index (χ1n) is 5.83. The van der Waals surface area contributed by atoms with Crippen LogP contribution in [0.1, 0.15) is 29.4 Å². The highest BCUT2D eigenvalue weighted by atomic mass is 14.7. The summed E-state index contributed by atoms with van der Waals surface area (Å²) in [4.78, 5) is 4.51. The van der Waals surface area contributed by atoms with Crippen LogP contribution < -0.4 is 0 Å². The van der Waals surface area contributed by atoms with E-state index in [1.54, 1.807) is 0 Å². The average molecular weight is 223 g/mol. The molecule has 2 rings (SSSR count). The van der Waals surface area contributed by atoms with Gasteiger partial charge in [0.05, 0.1) is 0 Å². The van der Waals surface area contributed by atoms with Crippen LogP contribution in [0.3, 0.4) is 0 Å². The normalized spacial score (nSPS) is 11.2. The van der Waals surface area contributed by atoms with Gasteiger partial charge in [-0.05, 0) is 43.4 Å². The van der Waals surface area contributed by atoms with Gasteiger partial charge in [-0.25, -0.2) is 0 Å². The van der Waals surface area contributed by atoms with Crippen LogP contribution in [-0.4, -0.2) is 4.98 Å². The molecule has 0 atom stereocenters. The quantitative estimate of drug-likeness (QED) is 0.729. The van der Waals surface area contributed by atoms with Crippen LogP contribution in [0.25, 0.3) is 22.9 Å². The Bertz CT molecular complexity index is 606. The van der Waals surface area contributed by atoms with Crippen molar-refractivity contribution in [3.8, 4) is 0 Å². The first kappa shape index (κ1) is 11.6. The Kier molecular flexibility index (Phi) is 3.10. The monoisotopic (exact) mass is 223 g/mol. The van der Waals surface area contributed by atoms with E-state index in [1.807, 2.05) is 19.9 Å². The SMILES string of the molecule is C=Cc1ccc2c(C)nc(C)cc2c1/C=C\C. The second-order valence-electron chi connectivity index (χ2n) is 4.22. The molecule has 0 aliphatic rings. The fourth-order valence-corrected chi connectivity index (χ4v) is 2.22. The molecule has 0 bridgehead atoms. The van der Waals surface area contributed by atoms with Crippen LogP contribution in [0.4, 0.5) is 0 Å². The summed E-state index contributed by atoms with van der Waals surface area (Å²) in [6.45, 7) is 10.0. The minimum atomic E-state index is 1.06. The Morgan fingerprint density at radius 1 is 1.18 bits per heavy atom. The Morgan fingerprint density at radius 2 is 1.94 bits per heavy atom. The van der Waals surface area contributed by atoms with Crippen molar-refractivity contribution in [2.45, 2.75) is 20.8 Å². The van der Waals surface area contributed by atoms with Gasteiger partial charge in [-0.3, -0.25) is 4.98 Å². The Labute approximate surface area is 103 Å². The molecular formula is C16H17N. The van der Waals surface area contributed by atoms with Gasteiger partial charge >= 0.3 is 0 Å². The maximum absolute atomic E-state index is 4.51. The van der Waals surface area contributed by atoms with E-state index in [1.165, 1.54) is 21.9 Å². The molecule has 0 saturated carbocycles. The van der Waals surface area contributed by atoms with Crippen LogP contribution in [-0.2, 0) is 0 Å². The third-order valence-corrected chi connectivity index (χ3v) is 2.96. The van der Waals surface area contributed by atoms with Crippen molar-refractivity contribution in [1.29, 1.82) is 0 Å². The molecule has 0 spiro atoms. The molecule has 0 fully saturated rings. The van der Waals surface area contributed by atoms with Crippen molar-refractivity contribution in [2.24, 2.45) is 0 Å². The predicted octanol–water partition coefficient (Wildman–Crippen LogP) is 4.53. The van der Waals surface area contributed by atoms with Crippen molar-refractivity contribution in [3.05, 3.63) is 53.4 Å². The number of fused-ring (bicyclic) bond motifs is 1. The first-order valence-corrected chi connectivity index (χ1v) is 5.83. The van der Waals surface area contributed by atoms with Gasteiger partial charge in [0.15, 0.2) is 0 Å². The van der Waals surface area contributed by atoms with E-state index in [0.717, 1.165) is 11.4 Å². The van der Waals surface area contributed by atoms with Crippen LogP contribution in [0, 0.1) is 13.8 Å². The van der Waals surface area contributed by atoms with E-state index in [9.17, 15) is 0 Å². The van der Waals surface area contributed by atoms with Gasteiger partial charge in [-0.2, -0.15) is 0 Å². The maximum atomic E-state index is 4.51. The number of aromatic nitrogens is 1. The standard InChI is InChI=1S/C16H17N/c1-5-7-15-13(6-2)8-9-14-12(4)17-11(3)10-16(14)15/h5-10H,2H2,1,3-4H3/b7-5-. The second kappa shape index (κ2) is 4.54. The van der Waals surface area contributed by atoms with E-state index < -0.39 is 0 Å². The molecule has 86 valence electrons. The van der Waals surface area contributed by atoms with Gasteiger partial charge in [0.25, 0.3) is 0 Å². The lowest BCUT2D eigenvalue weighted by Gasteiger charge is -2.09. The highest BCUT2D eigenvalue weighted by molar-refractivity contribution is 5.95. The molecule has 0 amide bonds. The van der Waals surface area contributed by atoms with Crippen LogP contribution in [0.15, 0.2) is 30.9 Å². The van der Waals surface area contributed by atoms with E-state index in [2.05, 4.69) is 48.8 Å². The van der Waals surface area contributed by atoms with Gasteiger partial charge < -0.3 is 0 Å². The number of allylic oxidation sites excluding steroid dienone is 1. The summed E-state index contributed by atoms with van der Waals surface area (Å²) in [6, 6.07) is 6.38. The summed E-state index contributed by atoms with van der Waals surface area (Å²) < 4.78 is 0. The fourth-order valence-electron chi connectivity index (χ4n) is 2.22. The molecular weight excluding hydrogens is 206 g/mol. The number of aryl methyl sites for hydroxylation is 2. The largest absolute Gasteiger partial charge is 0.258 e. The maximum Gasteiger partial charge on any atom is 0.0454 e. The van der Waals surface area contributed by atoms with Gasteiger partial charge in [-0.1, -0.05) is 36.9 Å². The second-order valence-corrected chi connectivity index (χ2v) is 4.22. The van der Waals surface area contributed by atoms with Gasteiger partial charge in [0.2, 0.25) is 0 Å². The van der Waals surface area contributed by atoms with Gasteiger partial charge in [0.1, 0.15) is 0 Å². The minimum Gasteiger partial charge on any atom is -0.258 e. The van der Waals surface area contributed by atoms with Crippen molar-refractivity contribution in [1.82, 2.24) is 4.98 Å². The number of hydrogen-bond donors (Lipinski definition) is 0. The van der Waals surface area contributed by atoms with Crippen molar-refractivity contribution in [2.75, 3.05) is 0 Å². The van der Waals surface area contributed by atoms with Gasteiger partial charge in [-0.15, -0.1) is 0 Å². The molecule has 1 aromatic heterocycles. The van der Waals surface area contributed by atoms with Crippen LogP contribution in [0.2, 0.25) is 0 Å². The molecule has 17 heavy (non-hydrogen) atoms. The average Bonchev–Trinajstić information content (AvgIpc) is 2.30. The lowest BCUT2D eigenvalue weighted by Crippen LogP contribution is -1.92. The molecule has 2 aromatic rings. The zero-order valence-electron chi connectivity index (χ0n) is 10.6. The summed E-state index contributed by atoms with van der Waals surface area (Å²) in [5, 5.41) is 2.47. The molecule has 0 aliphatic heterocycles. The lowest BCUT2D eigenvalue weighted by atomic mass is 9.97. The Morgan fingerprint density at radius 3 is 2.59 bits per heavy atom. The molecule has 0 radical (unpaired) electrons. The summed E-state index contributed by atoms with van der Waals surface area (Å²) in [5.41, 5.74) is 4.54. The van der Waals surface area contributed by atoms with E-state index in [4.69, 9.17) is 0 Å². The van der Waals surface area contributed by atoms with Crippen molar-refractivity contribution >= 4 is 22.9 Å². The third kappa shape index (κ3) is 2.01. The van der Waals surface area contributed by atoms with Crippen molar-refractivity contribution in [3.63, 3.8) is 0 Å². The zero-order valence-corrected chi connectivity index (χ0v) is 10.6. The summed E-state index contributed by atoms with van der Waals surface area (Å²) in [5.74, 6) is 0. The Balaban J connectivity index is 2.93. The molecule has 0 N–H and O–H groups in total. The summed E-state index contributed by atoms with van der Waals surface area (Å²) in [7, 11) is 0. The molecule has 0 saturated heterocycles. The number of benzene rings is 1. The smallest absolute Gasteiger partial charge is 0.0454 e. The molecule has 0 aliphatic carbocycles. The van der Waals surface area contributed by atoms with Crippen LogP contribution >= 0.6 is 0 Å². The van der Waals surface area contributed by atoms with Gasteiger partial charge in [0, 0.05) is 16.8 Å². The lowest BCUT2D eigenvalue weighted by molar-refractivity contribution is 1.15. The van der Waals surface area contributed by atoms with E-state index in [-0.39, 0.29) is 0 Å². The highest BCUT2D eigenvalue weighted by Crippen LogP contribution is 2.27. The molecule has 1 aromatic carbocycles. The molecule has 1 heteroatoms. The number of nitrogens with zero attached hydrogens (tertiary/aromatic N) is 1. The summed E-state index contributed by atoms with van der Waals surface area (Å²) in [6.07, 6.45) is 6.10. The van der Waals surface area contributed by atoms with Crippen LogP contribution in [0.5, 0.6) is 0 Å². The number of rotatable bonds is 2. The number of pyridine rings is 1. The first-order chi connectivity index (χ1) is 8.17. The zero-order chi connectivity index (χ0) is 12.4. The summed E-state index contributed by atoms with van der Waals surface area (Å²) >= 11 is 0. The minimum absolute atomic E-state index is 1.06. The molecule has 1 heterocycles.